The molecule has 65 heavy (non-hydrogen) atoms. The molecule has 4 saturated heterocycles. The summed E-state index contributed by atoms with van der Waals surface area (Å²) in [6.07, 6.45) is -5.26. The lowest BCUT2D eigenvalue weighted by Gasteiger charge is -2.54. The van der Waals surface area contributed by atoms with E-state index < -0.39 is 95.5 Å². The number of cyclic esters (lactones) is 1. The molecule has 4 fully saturated rings. The van der Waals surface area contributed by atoms with Gasteiger partial charge in [-0.3, -0.25) is 4.79 Å². The number of nitrogens with one attached hydrogen (secondary N) is 2. The lowest BCUT2D eigenvalue weighted by molar-refractivity contribution is -0.336. The Balaban J connectivity index is 1.57. The van der Waals surface area contributed by atoms with Gasteiger partial charge in [-0.05, 0) is 119 Å². The predicted molar refractivity (Wildman–Crippen MR) is 245 cm³/mol. The predicted octanol–water partition coefficient (Wildman–Crippen LogP) is 3.78. The number of ether oxygens (including phenoxy) is 8. The van der Waals surface area contributed by atoms with Crippen LogP contribution < -0.4 is 15.4 Å². The number of carbonyl (C=O) groups is 1. The Morgan fingerprint density at radius 2 is 1.58 bits per heavy atom. The number of aliphatic hydroxyl groups is 4. The van der Waals surface area contributed by atoms with Gasteiger partial charge in [0.25, 0.3) is 0 Å². The zero-order valence-electron chi connectivity index (χ0n) is 41.5. The van der Waals surface area contributed by atoms with Gasteiger partial charge >= 0.3 is 5.97 Å². The first kappa shape index (κ1) is 53.9. The van der Waals surface area contributed by atoms with E-state index >= 15 is 0 Å². The summed E-state index contributed by atoms with van der Waals surface area (Å²) in [5.74, 6) is -2.00. The number of benzene rings is 1. The summed E-state index contributed by atoms with van der Waals surface area (Å²) in [7, 11) is 5.55. The Hall–Kier alpha value is -2.03. The van der Waals surface area contributed by atoms with Crippen LogP contribution in [-0.2, 0) is 38.0 Å². The molecule has 0 saturated carbocycles. The van der Waals surface area contributed by atoms with Crippen molar-refractivity contribution in [2.75, 3.05) is 47.5 Å². The summed E-state index contributed by atoms with van der Waals surface area (Å²) in [5.41, 5.74) is -6.03. The minimum Gasteiger partial charge on any atom is -0.483 e. The van der Waals surface area contributed by atoms with Gasteiger partial charge in [-0.2, -0.15) is 0 Å². The molecule has 4 heterocycles. The average molecular weight is 924 g/mol. The molecular weight excluding hydrogens is 839 g/mol. The molecule has 0 radical (unpaired) electrons. The van der Waals surface area contributed by atoms with Crippen molar-refractivity contribution in [3.05, 3.63) is 30.3 Å². The zero-order valence-corrected chi connectivity index (χ0v) is 41.5. The van der Waals surface area contributed by atoms with E-state index in [2.05, 4.69) is 15.5 Å². The van der Waals surface area contributed by atoms with Crippen LogP contribution in [0.4, 0.5) is 0 Å². The number of rotatable bonds is 12. The molecule has 18 atom stereocenters. The van der Waals surface area contributed by atoms with E-state index in [-0.39, 0.29) is 49.9 Å². The maximum absolute atomic E-state index is 14.6. The van der Waals surface area contributed by atoms with Crippen LogP contribution in [0.1, 0.15) is 108 Å². The molecule has 16 heteroatoms. The van der Waals surface area contributed by atoms with Crippen LogP contribution in [-0.4, -0.2) is 175 Å². The standard InChI is InChI=1S/C49H85N3O13/c1-14-38-48(10,56)42(53)33(6)50-27-29(2)25-46(8,55)43(65-45-41(62-36-18-16-15-17-19-36)37(52(11)12)24-30(3)60-45)31(4)40(32(5)44(54)63-38)64-39-26-47(9,58-13)49(57,34(7)61-39)28-51-35-20-22-59-23-21-35/h15-19,29-35,37-43,45,50-51,53,55-57H,14,20-28H2,1-13H3/t29?,30-,31?,32?,33?,34+,37+,38?,39+,40?,41-,42?,43?,45+,46?,47-,48?,49+/m1/s1. The van der Waals surface area contributed by atoms with Crippen LogP contribution in [0.15, 0.2) is 30.3 Å². The van der Waals surface area contributed by atoms with E-state index in [0.717, 1.165) is 12.8 Å². The number of nitrogens with zero attached hydrogens (tertiary/aromatic N) is 1. The number of esters is 1. The molecule has 4 aliphatic heterocycles. The van der Waals surface area contributed by atoms with Crippen molar-refractivity contribution in [2.45, 2.75) is 204 Å². The molecule has 6 N–H and O–H groups in total. The zero-order chi connectivity index (χ0) is 48.1. The van der Waals surface area contributed by atoms with Crippen molar-refractivity contribution in [3.8, 4) is 5.75 Å². The first-order valence-corrected chi connectivity index (χ1v) is 24.1. The normalized spacial score (nSPS) is 44.5. The molecule has 0 aliphatic carbocycles. The molecule has 0 bridgehead atoms. The van der Waals surface area contributed by atoms with Crippen molar-refractivity contribution in [1.29, 1.82) is 0 Å². The highest BCUT2D eigenvalue weighted by Gasteiger charge is 2.59. The van der Waals surface area contributed by atoms with Gasteiger partial charge in [-0.25, -0.2) is 0 Å². The second-order valence-corrected chi connectivity index (χ2v) is 20.7. The molecule has 374 valence electrons. The Morgan fingerprint density at radius 1 is 0.923 bits per heavy atom. The summed E-state index contributed by atoms with van der Waals surface area (Å²) in [4.78, 5) is 16.7. The number of para-hydroxylation sites is 1. The molecule has 0 spiro atoms. The molecule has 1 aromatic carbocycles. The summed E-state index contributed by atoms with van der Waals surface area (Å²) in [5, 5.41) is 55.6. The van der Waals surface area contributed by atoms with Gasteiger partial charge in [0.1, 0.15) is 34.8 Å². The Kier molecular flexibility index (Phi) is 18.7. The second-order valence-electron chi connectivity index (χ2n) is 20.7. The van der Waals surface area contributed by atoms with Crippen molar-refractivity contribution >= 4 is 5.97 Å². The van der Waals surface area contributed by atoms with Crippen molar-refractivity contribution in [2.24, 2.45) is 17.8 Å². The lowest BCUT2D eigenvalue weighted by atomic mass is 9.75. The van der Waals surface area contributed by atoms with Gasteiger partial charge in [0, 0.05) is 51.3 Å². The number of methoxy groups -OCH3 is 1. The van der Waals surface area contributed by atoms with Crippen LogP contribution in [0, 0.1) is 17.8 Å². The number of carbonyl (C=O) groups excluding carboxylic acids is 1. The van der Waals surface area contributed by atoms with Crippen LogP contribution in [0.25, 0.3) is 0 Å². The van der Waals surface area contributed by atoms with Crippen molar-refractivity contribution < 1.29 is 63.1 Å². The van der Waals surface area contributed by atoms with E-state index in [4.69, 9.17) is 37.9 Å². The van der Waals surface area contributed by atoms with Crippen LogP contribution in [0.3, 0.4) is 0 Å². The number of aliphatic hydroxyl groups excluding tert-OH is 1. The topological polar surface area (TPSA) is 199 Å². The SMILES string of the molecule is CCC1OC(=O)C(C)C(O[C@H]2C[C@@](C)(OC)[C@](O)(CNC3CCOCC3)[C@H](C)O2)C(C)C(O[C@@H]2O[C@H](C)C[C@H](N(C)C)[C@H]2Oc2ccccc2)C(C)(O)CC(C)CNC(C)C(O)C1(C)O. The van der Waals surface area contributed by atoms with Gasteiger partial charge in [0.05, 0.1) is 42.0 Å². The molecule has 5 rings (SSSR count). The van der Waals surface area contributed by atoms with Crippen LogP contribution in [0.5, 0.6) is 5.75 Å². The summed E-state index contributed by atoms with van der Waals surface area (Å²) < 4.78 is 52.0. The molecule has 16 nitrogen and oxygen atoms in total. The molecular formula is C49H85N3O13. The second kappa shape index (κ2) is 22.6. The highest BCUT2D eigenvalue weighted by atomic mass is 16.7. The highest BCUT2D eigenvalue weighted by Crippen LogP contribution is 2.43. The Bertz CT molecular complexity index is 1620. The first-order valence-electron chi connectivity index (χ1n) is 24.1. The number of likely N-dealkylation sites (N-methyl/N-ethyl adjacent to an activating group) is 1. The van der Waals surface area contributed by atoms with Crippen molar-refractivity contribution in [1.82, 2.24) is 15.5 Å². The minimum atomic E-state index is -1.82. The largest absolute Gasteiger partial charge is 0.483 e. The van der Waals surface area contributed by atoms with Crippen LogP contribution >= 0.6 is 0 Å². The van der Waals surface area contributed by atoms with Gasteiger partial charge in [-0.1, -0.05) is 39.0 Å². The number of hydrogen-bond donors (Lipinski definition) is 6. The fraction of sp³-hybridized carbons (Fsp3) is 0.857. The van der Waals surface area contributed by atoms with E-state index in [1.807, 2.05) is 72.1 Å². The van der Waals surface area contributed by atoms with Crippen molar-refractivity contribution in [3.63, 3.8) is 0 Å². The van der Waals surface area contributed by atoms with Crippen LogP contribution in [0.2, 0.25) is 0 Å². The van der Waals surface area contributed by atoms with E-state index in [0.29, 0.717) is 31.9 Å². The minimum absolute atomic E-state index is 0.0898. The molecule has 1 aromatic rings. The maximum Gasteiger partial charge on any atom is 0.311 e. The summed E-state index contributed by atoms with van der Waals surface area (Å²) >= 11 is 0. The molecule has 0 amide bonds. The summed E-state index contributed by atoms with van der Waals surface area (Å²) in [6.45, 7) is 19.8. The lowest BCUT2D eigenvalue weighted by Crippen LogP contribution is -2.70. The van der Waals surface area contributed by atoms with E-state index in [1.54, 1.807) is 41.7 Å². The highest BCUT2D eigenvalue weighted by molar-refractivity contribution is 5.73. The van der Waals surface area contributed by atoms with E-state index in [1.165, 1.54) is 6.92 Å². The third-order valence-corrected chi connectivity index (χ3v) is 15.1. The van der Waals surface area contributed by atoms with Gasteiger partial charge in [0.15, 0.2) is 18.7 Å². The van der Waals surface area contributed by atoms with Gasteiger partial charge in [-0.15, -0.1) is 0 Å². The van der Waals surface area contributed by atoms with Gasteiger partial charge < -0.3 is 73.9 Å². The van der Waals surface area contributed by atoms with E-state index in [9.17, 15) is 25.2 Å². The smallest absolute Gasteiger partial charge is 0.311 e. The quantitative estimate of drug-likeness (QED) is 0.166. The fourth-order valence-corrected chi connectivity index (χ4v) is 10.7. The first-order chi connectivity index (χ1) is 30.5. The fourth-order valence-electron chi connectivity index (χ4n) is 10.7. The van der Waals surface area contributed by atoms with Gasteiger partial charge in [0.2, 0.25) is 0 Å². The molecule has 0 aromatic heterocycles. The molecule has 4 aliphatic rings. The monoisotopic (exact) mass is 924 g/mol. The Labute approximate surface area is 388 Å². The maximum atomic E-state index is 14.6. The molecule has 10 unspecified atom stereocenters. The third kappa shape index (κ3) is 12.6. The Morgan fingerprint density at radius 3 is 2.20 bits per heavy atom. The number of hydrogen-bond acceptors (Lipinski definition) is 16. The summed E-state index contributed by atoms with van der Waals surface area (Å²) in [6, 6.07) is 8.93. The third-order valence-electron chi connectivity index (χ3n) is 15.1. The average Bonchev–Trinajstić information content (AvgIpc) is 3.26.